The fraction of sp³-hybridized carbons (Fsp3) is 0.194. The summed E-state index contributed by atoms with van der Waals surface area (Å²) in [5, 5.41) is 20.7. The molecule has 0 saturated heterocycles. The molecule has 0 bridgehead atoms. The number of benzene rings is 4. The Morgan fingerprint density at radius 2 is 1.06 bits per heavy atom. The van der Waals surface area contributed by atoms with Crippen molar-refractivity contribution in [3.63, 3.8) is 0 Å². The Bertz CT molecular complexity index is 1310. The van der Waals surface area contributed by atoms with E-state index < -0.39 is 11.4 Å². The topological polar surface area (TPSA) is 57.5 Å². The molecule has 0 radical (unpaired) electrons. The number of aromatic carboxylic acids is 1. The van der Waals surface area contributed by atoms with Crippen LogP contribution in [-0.2, 0) is 30.3 Å². The van der Waals surface area contributed by atoms with Crippen LogP contribution in [0.2, 0.25) is 0 Å². The molecule has 4 aromatic carbocycles. The Kier molecular flexibility index (Phi) is 7.67. The summed E-state index contributed by atoms with van der Waals surface area (Å²) >= 11 is 0. The van der Waals surface area contributed by atoms with Crippen LogP contribution in [0.4, 0.5) is 0 Å². The quantitative estimate of drug-likeness (QED) is 0.263. The third kappa shape index (κ3) is 5.09. The van der Waals surface area contributed by atoms with Gasteiger partial charge in [-0.3, -0.25) is 0 Å². The summed E-state index contributed by atoms with van der Waals surface area (Å²) in [7, 11) is 0. The number of hydrogen-bond acceptors (Lipinski definition) is 2. The van der Waals surface area contributed by atoms with Gasteiger partial charge in [0.25, 0.3) is 0 Å². The molecule has 3 nitrogen and oxygen atoms in total. The molecule has 0 spiro atoms. The van der Waals surface area contributed by atoms with Crippen LogP contribution >= 0.6 is 0 Å². The Morgan fingerprint density at radius 3 is 1.51 bits per heavy atom. The maximum atomic E-state index is 12.0. The smallest absolute Gasteiger partial charge is 0.339 e. The summed E-state index contributed by atoms with van der Waals surface area (Å²) in [6, 6.07) is 31.8. The Morgan fingerprint density at radius 1 is 0.629 bits per heavy atom. The maximum Gasteiger partial charge on any atom is 0.339 e. The van der Waals surface area contributed by atoms with Crippen molar-refractivity contribution in [2.24, 2.45) is 0 Å². The number of carbonyl (C=O) groups is 1. The second kappa shape index (κ2) is 10.2. The molecular formula is C31H30O3Zn. The number of phenols is 1. The van der Waals surface area contributed by atoms with Gasteiger partial charge in [0.1, 0.15) is 11.3 Å². The molecule has 0 saturated carbocycles. The van der Waals surface area contributed by atoms with E-state index in [1.54, 1.807) is 6.07 Å². The first-order valence-corrected chi connectivity index (χ1v) is 11.4. The number of hydrogen-bond donors (Lipinski definition) is 2. The normalized spacial score (nSPS) is 11.5. The average molecular weight is 516 g/mol. The predicted octanol–water partition coefficient (Wildman–Crippen LogP) is 7.41. The standard InChI is InChI=1S/C31H30O3.Zn/c1-30(2,22-11-7-5-8-12-22)24-17-15-21(16-18-24)26-19-25(20-27(28(26)32)29(33)34)31(3,4)23-13-9-6-10-14-23;/h5-20,32H,1-4H3,(H,33,34);. The van der Waals surface area contributed by atoms with E-state index in [0.717, 1.165) is 22.3 Å². The molecule has 0 aromatic heterocycles. The number of carboxylic acids is 1. The molecule has 4 aromatic rings. The van der Waals surface area contributed by atoms with Gasteiger partial charge in [-0.1, -0.05) is 113 Å². The van der Waals surface area contributed by atoms with Gasteiger partial charge in [0.15, 0.2) is 0 Å². The van der Waals surface area contributed by atoms with E-state index in [0.29, 0.717) is 5.56 Å². The van der Waals surface area contributed by atoms with Crippen molar-refractivity contribution in [1.82, 2.24) is 0 Å². The summed E-state index contributed by atoms with van der Waals surface area (Å²) in [6.45, 7) is 8.49. The number of aromatic hydroxyl groups is 1. The van der Waals surface area contributed by atoms with Gasteiger partial charge in [-0.25, -0.2) is 4.79 Å². The summed E-state index contributed by atoms with van der Waals surface area (Å²) in [5.41, 5.74) is 4.83. The van der Waals surface area contributed by atoms with E-state index in [-0.39, 0.29) is 36.2 Å². The van der Waals surface area contributed by atoms with Crippen LogP contribution in [0, 0.1) is 0 Å². The summed E-state index contributed by atoms with van der Waals surface area (Å²) in [4.78, 5) is 12.0. The third-order valence-electron chi connectivity index (χ3n) is 6.97. The predicted molar refractivity (Wildman–Crippen MR) is 138 cm³/mol. The van der Waals surface area contributed by atoms with Crippen molar-refractivity contribution >= 4 is 5.97 Å². The van der Waals surface area contributed by atoms with Gasteiger partial charge in [0.2, 0.25) is 0 Å². The Balaban J connectivity index is 0.00000342. The third-order valence-corrected chi connectivity index (χ3v) is 6.97. The molecule has 0 atom stereocenters. The van der Waals surface area contributed by atoms with Crippen LogP contribution in [-0.4, -0.2) is 16.2 Å². The van der Waals surface area contributed by atoms with Crippen LogP contribution in [0.3, 0.4) is 0 Å². The molecule has 0 unspecified atom stereocenters. The minimum Gasteiger partial charge on any atom is -0.506 e. The molecule has 0 heterocycles. The van der Waals surface area contributed by atoms with E-state index >= 15 is 0 Å². The van der Waals surface area contributed by atoms with Gasteiger partial charge in [-0.05, 0) is 39.9 Å². The molecular weight excluding hydrogens is 486 g/mol. The zero-order valence-corrected chi connectivity index (χ0v) is 23.7. The zero-order valence-electron chi connectivity index (χ0n) is 20.7. The molecule has 4 heteroatoms. The summed E-state index contributed by atoms with van der Waals surface area (Å²) in [5.74, 6) is -1.36. The van der Waals surface area contributed by atoms with Crippen LogP contribution in [0.5, 0.6) is 5.75 Å². The first-order valence-electron chi connectivity index (χ1n) is 11.4. The average Bonchev–Trinajstić information content (AvgIpc) is 2.85. The van der Waals surface area contributed by atoms with E-state index in [1.165, 1.54) is 5.56 Å². The van der Waals surface area contributed by atoms with Gasteiger partial charge in [0, 0.05) is 35.9 Å². The van der Waals surface area contributed by atoms with Gasteiger partial charge in [-0.15, -0.1) is 0 Å². The minimum atomic E-state index is -1.15. The van der Waals surface area contributed by atoms with Crippen LogP contribution < -0.4 is 0 Å². The molecule has 0 amide bonds. The molecule has 4 rings (SSSR count). The first-order chi connectivity index (χ1) is 16.1. The van der Waals surface area contributed by atoms with Crippen molar-refractivity contribution in [2.75, 3.05) is 0 Å². The molecule has 35 heavy (non-hydrogen) atoms. The van der Waals surface area contributed by atoms with Crippen LogP contribution in [0.1, 0.15) is 60.3 Å². The van der Waals surface area contributed by atoms with Crippen molar-refractivity contribution in [1.29, 1.82) is 0 Å². The Labute approximate surface area is 220 Å². The molecule has 0 fully saturated rings. The van der Waals surface area contributed by atoms with Crippen molar-refractivity contribution in [3.8, 4) is 16.9 Å². The number of carboxylic acid groups (broad SMARTS) is 1. The van der Waals surface area contributed by atoms with Crippen molar-refractivity contribution < 1.29 is 34.5 Å². The maximum absolute atomic E-state index is 12.0. The van der Waals surface area contributed by atoms with Crippen LogP contribution in [0.15, 0.2) is 97.1 Å². The van der Waals surface area contributed by atoms with Crippen LogP contribution in [0.25, 0.3) is 11.1 Å². The molecule has 174 valence electrons. The van der Waals surface area contributed by atoms with Crippen molar-refractivity contribution in [2.45, 2.75) is 38.5 Å². The SMILES string of the molecule is CC(C)(c1ccccc1)c1ccc(-c2cc(C(C)(C)c3ccccc3)cc(C(=O)O)c2O)cc1.[Zn]. The molecule has 0 aliphatic carbocycles. The first kappa shape index (κ1) is 26.4. The second-order valence-electron chi connectivity index (χ2n) is 9.78. The second-order valence-corrected chi connectivity index (χ2v) is 9.78. The fourth-order valence-electron chi connectivity index (χ4n) is 4.49. The molecule has 0 aliphatic rings. The van der Waals surface area contributed by atoms with Gasteiger partial charge in [0.05, 0.1) is 0 Å². The monoisotopic (exact) mass is 514 g/mol. The minimum absolute atomic E-state index is 0. The summed E-state index contributed by atoms with van der Waals surface area (Å²) in [6.07, 6.45) is 0. The number of rotatable bonds is 6. The molecule has 2 N–H and O–H groups in total. The van der Waals surface area contributed by atoms with E-state index in [9.17, 15) is 15.0 Å². The van der Waals surface area contributed by atoms with E-state index in [4.69, 9.17) is 0 Å². The van der Waals surface area contributed by atoms with E-state index in [1.807, 2.05) is 66.7 Å². The zero-order chi connectivity index (χ0) is 24.5. The van der Waals surface area contributed by atoms with Gasteiger partial charge in [-0.2, -0.15) is 0 Å². The summed E-state index contributed by atoms with van der Waals surface area (Å²) < 4.78 is 0. The van der Waals surface area contributed by atoms with Crippen molar-refractivity contribution in [3.05, 3.63) is 125 Å². The van der Waals surface area contributed by atoms with Gasteiger partial charge >= 0.3 is 5.97 Å². The Hall–Kier alpha value is -3.23. The van der Waals surface area contributed by atoms with Gasteiger partial charge < -0.3 is 10.2 Å². The van der Waals surface area contributed by atoms with E-state index in [2.05, 4.69) is 52.0 Å². The molecule has 0 aliphatic heterocycles. The largest absolute Gasteiger partial charge is 0.506 e. The fourth-order valence-corrected chi connectivity index (χ4v) is 4.49.